The van der Waals surface area contributed by atoms with Crippen LogP contribution in [0.4, 0.5) is 5.82 Å². The number of methoxy groups -OCH3 is 1. The van der Waals surface area contributed by atoms with Crippen molar-refractivity contribution in [2.24, 2.45) is 0 Å². The Morgan fingerprint density at radius 3 is 2.76 bits per heavy atom. The first-order valence-electron chi connectivity index (χ1n) is 7.44. The molecule has 0 aromatic carbocycles. The molecule has 7 nitrogen and oxygen atoms in total. The van der Waals surface area contributed by atoms with E-state index < -0.39 is 0 Å². The van der Waals surface area contributed by atoms with Crippen molar-refractivity contribution < 1.29 is 4.74 Å². The van der Waals surface area contributed by atoms with Crippen LogP contribution in [0, 0.1) is 0 Å². The summed E-state index contributed by atoms with van der Waals surface area (Å²) in [6, 6.07) is 9.15. The minimum Gasteiger partial charge on any atom is -0.494 e. The van der Waals surface area contributed by atoms with E-state index in [1.54, 1.807) is 31.8 Å². The van der Waals surface area contributed by atoms with E-state index >= 15 is 0 Å². The molecule has 4 rings (SSSR count). The predicted molar refractivity (Wildman–Crippen MR) is 96.2 cm³/mol. The van der Waals surface area contributed by atoms with Gasteiger partial charge in [0, 0.05) is 29.7 Å². The van der Waals surface area contributed by atoms with E-state index in [0.717, 1.165) is 5.56 Å². The highest BCUT2D eigenvalue weighted by molar-refractivity contribution is 6.20. The van der Waals surface area contributed by atoms with Gasteiger partial charge in [-0.3, -0.25) is 4.98 Å². The van der Waals surface area contributed by atoms with Gasteiger partial charge in [-0.15, -0.1) is 0 Å². The molecule has 124 valence electrons. The van der Waals surface area contributed by atoms with Crippen molar-refractivity contribution in [2.45, 2.75) is 0 Å². The molecule has 0 atom stereocenters. The van der Waals surface area contributed by atoms with Crippen LogP contribution in [0.15, 0.2) is 48.9 Å². The van der Waals surface area contributed by atoms with Gasteiger partial charge in [0.1, 0.15) is 17.1 Å². The van der Waals surface area contributed by atoms with Crippen LogP contribution in [-0.2, 0) is 0 Å². The van der Waals surface area contributed by atoms with Crippen LogP contribution in [0.3, 0.4) is 0 Å². The minimum atomic E-state index is 0.357. The molecule has 0 unspecified atom stereocenters. The molecule has 2 N–H and O–H groups in total. The zero-order chi connectivity index (χ0) is 17.4. The molecule has 4 aromatic heterocycles. The molecule has 0 spiro atoms. The van der Waals surface area contributed by atoms with Gasteiger partial charge in [-0.2, -0.15) is 0 Å². The highest BCUT2D eigenvalue weighted by Gasteiger charge is 2.17. The van der Waals surface area contributed by atoms with Gasteiger partial charge in [0.2, 0.25) is 0 Å². The van der Waals surface area contributed by atoms with Gasteiger partial charge in [0.25, 0.3) is 0 Å². The van der Waals surface area contributed by atoms with Crippen molar-refractivity contribution >= 4 is 28.8 Å². The molecular weight excluding hydrogens is 340 g/mol. The van der Waals surface area contributed by atoms with E-state index in [0.29, 0.717) is 39.8 Å². The molecule has 0 bridgehead atoms. The minimum absolute atomic E-state index is 0.357. The first kappa shape index (κ1) is 15.3. The molecule has 0 saturated carbocycles. The average molecular weight is 353 g/mol. The van der Waals surface area contributed by atoms with Crippen molar-refractivity contribution in [3.8, 4) is 28.4 Å². The maximum absolute atomic E-state index is 6.46. The predicted octanol–water partition coefficient (Wildman–Crippen LogP) is 3.15. The van der Waals surface area contributed by atoms with Crippen molar-refractivity contribution in [1.29, 1.82) is 0 Å². The number of fused-ring (bicyclic) bond motifs is 1. The quantitative estimate of drug-likeness (QED) is 0.609. The maximum Gasteiger partial charge on any atom is 0.176 e. The third-order valence-electron chi connectivity index (χ3n) is 3.81. The Balaban J connectivity index is 1.90. The van der Waals surface area contributed by atoms with E-state index in [9.17, 15) is 0 Å². The molecule has 0 aliphatic heterocycles. The summed E-state index contributed by atoms with van der Waals surface area (Å²) in [6.45, 7) is 0. The fourth-order valence-electron chi connectivity index (χ4n) is 2.61. The number of hydrogen-bond acceptors (Lipinski definition) is 6. The number of imidazole rings is 1. The highest BCUT2D eigenvalue weighted by atomic mass is 35.5. The van der Waals surface area contributed by atoms with Crippen molar-refractivity contribution in [2.75, 3.05) is 12.8 Å². The van der Waals surface area contributed by atoms with Gasteiger partial charge >= 0.3 is 0 Å². The lowest BCUT2D eigenvalue weighted by atomic mass is 10.1. The summed E-state index contributed by atoms with van der Waals surface area (Å²) in [5.74, 6) is 1.48. The molecular formula is C17H13ClN6O. The lowest BCUT2D eigenvalue weighted by Gasteiger charge is -2.07. The maximum atomic E-state index is 6.46. The second kappa shape index (κ2) is 6.03. The summed E-state index contributed by atoms with van der Waals surface area (Å²) < 4.78 is 6.74. The number of nitrogens with two attached hydrogens (primary N) is 1. The Hall–Kier alpha value is -3.19. The fourth-order valence-corrected chi connectivity index (χ4v) is 2.86. The number of ether oxygens (including phenoxy) is 1. The molecule has 4 aromatic rings. The number of nitrogens with zero attached hydrogens (tertiary/aromatic N) is 5. The van der Waals surface area contributed by atoms with E-state index in [4.69, 9.17) is 22.2 Å². The first-order chi connectivity index (χ1) is 12.2. The lowest BCUT2D eigenvalue weighted by molar-refractivity contribution is 0.414. The largest absolute Gasteiger partial charge is 0.494 e. The standard InChI is InChI=1S/C17H13ClN6O/c1-25-14-9-20-8-6-10(14)12-4-5-13-17(22-12)24(18)16(23-13)11-3-2-7-21-15(11)19/h2-9H,1H3,(H2,19,21). The third kappa shape index (κ3) is 2.54. The molecule has 0 fully saturated rings. The fraction of sp³-hybridized carbons (Fsp3) is 0.0588. The summed E-state index contributed by atoms with van der Waals surface area (Å²) in [5.41, 5.74) is 9.30. The van der Waals surface area contributed by atoms with Crippen LogP contribution in [0.25, 0.3) is 33.8 Å². The van der Waals surface area contributed by atoms with E-state index in [2.05, 4.69) is 19.9 Å². The van der Waals surface area contributed by atoms with Crippen LogP contribution in [0.5, 0.6) is 5.75 Å². The second-order valence-corrected chi connectivity index (χ2v) is 5.61. The van der Waals surface area contributed by atoms with Gasteiger partial charge in [-0.25, -0.2) is 19.0 Å². The van der Waals surface area contributed by atoms with Crippen LogP contribution < -0.4 is 10.5 Å². The van der Waals surface area contributed by atoms with Crippen LogP contribution in [0.1, 0.15) is 0 Å². The monoisotopic (exact) mass is 352 g/mol. The van der Waals surface area contributed by atoms with E-state index in [1.165, 1.54) is 4.09 Å². The summed E-state index contributed by atoms with van der Waals surface area (Å²) in [5, 5.41) is 0. The number of rotatable bonds is 3. The number of nitrogen functional groups attached to an aromatic ring is 1. The van der Waals surface area contributed by atoms with Crippen LogP contribution in [-0.4, -0.2) is 31.1 Å². The molecule has 0 saturated heterocycles. The van der Waals surface area contributed by atoms with Crippen molar-refractivity contribution in [1.82, 2.24) is 24.0 Å². The lowest BCUT2D eigenvalue weighted by Crippen LogP contribution is -1.96. The van der Waals surface area contributed by atoms with Crippen LogP contribution >= 0.6 is 11.8 Å². The van der Waals surface area contributed by atoms with Gasteiger partial charge < -0.3 is 10.5 Å². The van der Waals surface area contributed by atoms with Gasteiger partial charge in [0.15, 0.2) is 11.5 Å². The first-order valence-corrected chi connectivity index (χ1v) is 7.77. The van der Waals surface area contributed by atoms with Gasteiger partial charge in [0.05, 0.1) is 24.6 Å². The molecule has 0 aliphatic carbocycles. The zero-order valence-corrected chi connectivity index (χ0v) is 14.0. The zero-order valence-electron chi connectivity index (χ0n) is 13.2. The number of halogens is 1. The average Bonchev–Trinajstić information content (AvgIpc) is 2.98. The highest BCUT2D eigenvalue weighted by Crippen LogP contribution is 2.31. The van der Waals surface area contributed by atoms with E-state index in [1.807, 2.05) is 24.3 Å². The topological polar surface area (TPSA) is 91.7 Å². The number of anilines is 1. The van der Waals surface area contributed by atoms with E-state index in [-0.39, 0.29) is 0 Å². The molecule has 0 radical (unpaired) electrons. The molecule has 25 heavy (non-hydrogen) atoms. The Morgan fingerprint density at radius 2 is 1.96 bits per heavy atom. The number of aromatic nitrogens is 5. The number of hydrogen-bond donors (Lipinski definition) is 1. The molecule has 8 heteroatoms. The molecule has 4 heterocycles. The Morgan fingerprint density at radius 1 is 1.08 bits per heavy atom. The Bertz CT molecular complexity index is 1080. The summed E-state index contributed by atoms with van der Waals surface area (Å²) in [7, 11) is 1.59. The normalized spacial score (nSPS) is 11.0. The molecule has 0 aliphatic rings. The van der Waals surface area contributed by atoms with Gasteiger partial charge in [-0.05, 0) is 30.3 Å². The van der Waals surface area contributed by atoms with Crippen LogP contribution in [0.2, 0.25) is 0 Å². The van der Waals surface area contributed by atoms with Crippen molar-refractivity contribution in [3.63, 3.8) is 0 Å². The smallest absolute Gasteiger partial charge is 0.176 e. The second-order valence-electron chi connectivity index (χ2n) is 5.27. The SMILES string of the molecule is COc1cnccc1-c1ccc2nc(-c3cccnc3N)n(Cl)c2n1. The van der Waals surface area contributed by atoms with Gasteiger partial charge in [-0.1, -0.05) is 0 Å². The summed E-state index contributed by atoms with van der Waals surface area (Å²) >= 11 is 6.46. The summed E-state index contributed by atoms with van der Waals surface area (Å²) in [4.78, 5) is 17.3. The summed E-state index contributed by atoms with van der Waals surface area (Å²) in [6.07, 6.45) is 4.94. The third-order valence-corrected chi connectivity index (χ3v) is 4.13. The number of pyridine rings is 3. The van der Waals surface area contributed by atoms with Crippen molar-refractivity contribution in [3.05, 3.63) is 48.9 Å². The molecule has 0 amide bonds. The Kier molecular flexibility index (Phi) is 3.70. The Labute approximate surface area is 148 Å².